The lowest BCUT2D eigenvalue weighted by molar-refractivity contribution is -0.141. The van der Waals surface area contributed by atoms with E-state index in [9.17, 15) is 9.59 Å². The van der Waals surface area contributed by atoms with Crippen LogP contribution in [-0.2, 0) is 9.59 Å². The van der Waals surface area contributed by atoms with E-state index in [1.165, 1.54) is 6.92 Å². The Bertz CT molecular complexity index is 265. The van der Waals surface area contributed by atoms with Crippen LogP contribution in [0.5, 0.6) is 0 Å². The highest BCUT2D eigenvalue weighted by Crippen LogP contribution is 2.04. The van der Waals surface area contributed by atoms with Gasteiger partial charge in [0.1, 0.15) is 11.8 Å². The molecule has 6 N–H and O–H groups in total. The van der Waals surface area contributed by atoms with Gasteiger partial charge in [0.25, 0.3) is 0 Å². The van der Waals surface area contributed by atoms with Crippen LogP contribution in [0.15, 0.2) is 12.0 Å². The maximum absolute atomic E-state index is 10.6. The molecule has 15 heavy (non-hydrogen) atoms. The lowest BCUT2D eigenvalue weighted by Crippen LogP contribution is -2.39. The van der Waals surface area contributed by atoms with Gasteiger partial charge in [-0.1, -0.05) is 0 Å². The highest BCUT2D eigenvalue weighted by atomic mass is 16.4. The average molecular weight is 217 g/mol. The monoisotopic (exact) mass is 217 g/mol. The largest absolute Gasteiger partial charge is 0.511 e. The van der Waals surface area contributed by atoms with Gasteiger partial charge < -0.3 is 21.0 Å². The molecule has 0 saturated heterocycles. The van der Waals surface area contributed by atoms with E-state index in [-0.39, 0.29) is 18.6 Å². The van der Waals surface area contributed by atoms with Crippen LogP contribution in [0.2, 0.25) is 0 Å². The van der Waals surface area contributed by atoms with Gasteiger partial charge >= 0.3 is 5.97 Å². The van der Waals surface area contributed by atoms with E-state index in [1.54, 1.807) is 0 Å². The molecule has 86 valence electrons. The Labute approximate surface area is 86.9 Å². The van der Waals surface area contributed by atoms with Crippen molar-refractivity contribution in [1.82, 2.24) is 10.7 Å². The first kappa shape index (κ1) is 13.2. The maximum Gasteiger partial charge on any atom is 0.326 e. The SMILES string of the molecule is CC(=O)NC(CCC(O)=CNN)C(=O)O. The second-order valence-corrected chi connectivity index (χ2v) is 2.93. The van der Waals surface area contributed by atoms with Crippen molar-refractivity contribution in [1.29, 1.82) is 0 Å². The number of aliphatic hydroxyl groups excluding tert-OH is 1. The number of amides is 1. The van der Waals surface area contributed by atoms with Gasteiger partial charge in [0, 0.05) is 19.5 Å². The van der Waals surface area contributed by atoms with Gasteiger partial charge in [-0.2, -0.15) is 0 Å². The van der Waals surface area contributed by atoms with Gasteiger partial charge in [-0.25, -0.2) is 4.79 Å². The molecule has 0 saturated carbocycles. The highest BCUT2D eigenvalue weighted by molar-refractivity contribution is 5.81. The zero-order valence-electron chi connectivity index (χ0n) is 8.36. The number of carbonyl (C=O) groups excluding carboxylic acids is 1. The standard InChI is InChI=1S/C8H15N3O4/c1-5(12)11-7(8(14)15)3-2-6(13)4-10-9/h4,7,10,13H,2-3,9H2,1H3,(H,11,12)(H,14,15). The molecule has 0 bridgehead atoms. The number of aliphatic hydroxyl groups is 1. The Balaban J connectivity index is 4.13. The minimum atomic E-state index is -1.14. The third-order valence-electron chi connectivity index (χ3n) is 1.61. The fraction of sp³-hybridized carbons (Fsp3) is 0.500. The number of carboxylic acid groups (broad SMARTS) is 1. The van der Waals surface area contributed by atoms with Crippen molar-refractivity contribution in [3.05, 3.63) is 12.0 Å². The Morgan fingerprint density at radius 2 is 2.07 bits per heavy atom. The summed E-state index contributed by atoms with van der Waals surface area (Å²) >= 11 is 0. The number of nitrogens with one attached hydrogen (secondary N) is 2. The zero-order chi connectivity index (χ0) is 11.8. The molecule has 0 aromatic rings. The van der Waals surface area contributed by atoms with Gasteiger partial charge in [0.05, 0.1) is 0 Å². The molecule has 7 heteroatoms. The fourth-order valence-electron chi connectivity index (χ4n) is 0.963. The minimum absolute atomic E-state index is 0.0749. The number of hydrogen-bond donors (Lipinski definition) is 5. The molecule has 0 aromatic heterocycles. The number of nitrogens with two attached hydrogens (primary N) is 1. The third-order valence-corrected chi connectivity index (χ3v) is 1.61. The van der Waals surface area contributed by atoms with Gasteiger partial charge in [0.2, 0.25) is 5.91 Å². The summed E-state index contributed by atoms with van der Waals surface area (Å²) in [6.45, 7) is 1.23. The quantitative estimate of drug-likeness (QED) is 0.226. The molecule has 7 nitrogen and oxygen atoms in total. The van der Waals surface area contributed by atoms with Gasteiger partial charge in [-0.15, -0.1) is 0 Å². The van der Waals surface area contributed by atoms with E-state index in [0.29, 0.717) is 0 Å². The number of hydrazine groups is 1. The van der Waals surface area contributed by atoms with Crippen LogP contribution < -0.4 is 16.6 Å². The summed E-state index contributed by atoms with van der Waals surface area (Å²) < 4.78 is 0. The molecule has 0 rings (SSSR count). The Morgan fingerprint density at radius 1 is 1.47 bits per heavy atom. The molecule has 0 fully saturated rings. The Morgan fingerprint density at radius 3 is 2.47 bits per heavy atom. The predicted octanol–water partition coefficient (Wildman–Crippen LogP) is -0.781. The molecule has 1 unspecified atom stereocenters. The first-order valence-corrected chi connectivity index (χ1v) is 4.31. The van der Waals surface area contributed by atoms with Crippen LogP contribution in [0, 0.1) is 0 Å². The summed E-state index contributed by atoms with van der Waals surface area (Å²) in [6.07, 6.45) is 1.35. The smallest absolute Gasteiger partial charge is 0.326 e. The number of hydrogen-bond acceptors (Lipinski definition) is 5. The van der Waals surface area contributed by atoms with Crippen LogP contribution >= 0.6 is 0 Å². The number of aliphatic carboxylic acids is 1. The summed E-state index contributed by atoms with van der Waals surface area (Å²) in [5.74, 6) is 3.26. The molecule has 0 radical (unpaired) electrons. The van der Waals surface area contributed by atoms with Crippen molar-refractivity contribution in [3.63, 3.8) is 0 Å². The maximum atomic E-state index is 10.6. The van der Waals surface area contributed by atoms with Crippen LogP contribution in [0.1, 0.15) is 19.8 Å². The highest BCUT2D eigenvalue weighted by Gasteiger charge is 2.18. The van der Waals surface area contributed by atoms with E-state index in [2.05, 4.69) is 10.7 Å². The van der Waals surface area contributed by atoms with Crippen molar-refractivity contribution in [2.24, 2.45) is 5.84 Å². The number of carbonyl (C=O) groups is 2. The van der Waals surface area contributed by atoms with Gasteiger partial charge in [-0.3, -0.25) is 10.6 Å². The first-order chi connectivity index (χ1) is 6.97. The lowest BCUT2D eigenvalue weighted by Gasteiger charge is -2.12. The topological polar surface area (TPSA) is 125 Å². The van der Waals surface area contributed by atoms with Crippen LogP contribution in [0.25, 0.3) is 0 Å². The van der Waals surface area contributed by atoms with Crippen LogP contribution in [0.3, 0.4) is 0 Å². The molecule has 0 aromatic carbocycles. The second-order valence-electron chi connectivity index (χ2n) is 2.93. The van der Waals surface area contributed by atoms with E-state index in [0.717, 1.165) is 6.20 Å². The first-order valence-electron chi connectivity index (χ1n) is 4.31. The molecule has 1 atom stereocenters. The van der Waals surface area contributed by atoms with Crippen molar-refractivity contribution >= 4 is 11.9 Å². The van der Waals surface area contributed by atoms with Crippen molar-refractivity contribution < 1.29 is 19.8 Å². The number of allylic oxidation sites excluding steroid dienone is 1. The van der Waals surface area contributed by atoms with Gasteiger partial charge in [-0.05, 0) is 6.42 Å². The summed E-state index contributed by atoms with van der Waals surface area (Å²) in [7, 11) is 0. The lowest BCUT2D eigenvalue weighted by atomic mass is 10.1. The summed E-state index contributed by atoms with van der Waals surface area (Å²) in [5.41, 5.74) is 2.11. The number of carboxylic acids is 1. The molecule has 0 aliphatic carbocycles. The normalized spacial score (nSPS) is 13.1. The third kappa shape index (κ3) is 6.33. The van der Waals surface area contributed by atoms with Crippen molar-refractivity contribution in [2.45, 2.75) is 25.8 Å². The molecule has 0 aliphatic heterocycles. The predicted molar refractivity (Wildman–Crippen MR) is 52.5 cm³/mol. The van der Waals surface area contributed by atoms with Crippen LogP contribution in [-0.4, -0.2) is 28.1 Å². The Hall–Kier alpha value is -1.76. The van der Waals surface area contributed by atoms with E-state index >= 15 is 0 Å². The fourth-order valence-corrected chi connectivity index (χ4v) is 0.963. The van der Waals surface area contributed by atoms with Crippen molar-refractivity contribution in [2.75, 3.05) is 0 Å². The summed E-state index contributed by atoms with van der Waals surface area (Å²) in [5, 5.41) is 20.1. The zero-order valence-corrected chi connectivity index (χ0v) is 8.36. The van der Waals surface area contributed by atoms with Gasteiger partial charge in [0.15, 0.2) is 0 Å². The molecule has 0 heterocycles. The minimum Gasteiger partial charge on any atom is -0.511 e. The Kier molecular flexibility index (Phi) is 5.88. The van der Waals surface area contributed by atoms with Crippen LogP contribution in [0.4, 0.5) is 0 Å². The van der Waals surface area contributed by atoms with Crippen molar-refractivity contribution in [3.8, 4) is 0 Å². The average Bonchev–Trinajstić information content (AvgIpc) is 2.11. The number of rotatable bonds is 6. The van der Waals surface area contributed by atoms with E-state index in [4.69, 9.17) is 16.1 Å². The molecule has 1 amide bonds. The molecular formula is C8H15N3O4. The molecule has 0 spiro atoms. The molecular weight excluding hydrogens is 202 g/mol. The van der Waals surface area contributed by atoms with E-state index < -0.39 is 17.9 Å². The summed E-state index contributed by atoms with van der Waals surface area (Å²) in [6, 6.07) is -1.00. The van der Waals surface area contributed by atoms with E-state index in [1.807, 2.05) is 0 Å². The summed E-state index contributed by atoms with van der Waals surface area (Å²) in [4.78, 5) is 21.3. The second kappa shape index (κ2) is 6.66. The molecule has 0 aliphatic rings.